The average Bonchev–Trinajstić information content (AvgIpc) is 2.44. The Bertz CT molecular complexity index is 619. The minimum Gasteiger partial charge on any atom is -0.472 e. The molecule has 2 rings (SSSR count). The Morgan fingerprint density at radius 1 is 1.40 bits per heavy atom. The number of anilines is 1. The van der Waals surface area contributed by atoms with E-state index in [0.717, 1.165) is 5.56 Å². The zero-order valence-electron chi connectivity index (χ0n) is 10.8. The predicted molar refractivity (Wildman–Crippen MR) is 76.8 cm³/mol. The molecule has 20 heavy (non-hydrogen) atoms. The molecule has 0 saturated carbocycles. The number of nitrogen functional groups attached to an aromatic ring is 1. The Hall–Kier alpha value is -2.34. The van der Waals surface area contributed by atoms with Crippen LogP contribution in [0.4, 0.5) is 5.82 Å². The van der Waals surface area contributed by atoms with Gasteiger partial charge in [0.2, 0.25) is 5.88 Å². The Labute approximate surface area is 121 Å². The minimum absolute atomic E-state index is 0.266. The highest BCUT2D eigenvalue weighted by molar-refractivity contribution is 6.30. The van der Waals surface area contributed by atoms with Gasteiger partial charge in [-0.15, -0.1) is 0 Å². The lowest BCUT2D eigenvalue weighted by molar-refractivity contribution is 0.215. The second kappa shape index (κ2) is 6.72. The molecule has 1 aromatic carbocycles. The largest absolute Gasteiger partial charge is 0.472 e. The molecule has 0 fully saturated rings. The maximum absolute atomic E-state index is 5.91. The number of halogens is 1. The van der Waals surface area contributed by atoms with E-state index in [0.29, 0.717) is 23.1 Å². The number of nitrogens with two attached hydrogens (primary N) is 1. The van der Waals surface area contributed by atoms with Gasteiger partial charge < -0.3 is 15.3 Å². The van der Waals surface area contributed by atoms with Crippen molar-refractivity contribution in [2.45, 2.75) is 6.61 Å². The molecule has 7 heteroatoms. The zero-order chi connectivity index (χ0) is 14.4. The van der Waals surface area contributed by atoms with Crippen LogP contribution in [-0.2, 0) is 11.4 Å². The van der Waals surface area contributed by atoms with Crippen LogP contribution in [0.3, 0.4) is 0 Å². The topological polar surface area (TPSA) is 82.6 Å². The quantitative estimate of drug-likeness (QED) is 0.675. The van der Waals surface area contributed by atoms with Crippen molar-refractivity contribution in [2.75, 3.05) is 12.8 Å². The molecule has 0 radical (unpaired) electrons. The van der Waals surface area contributed by atoms with Gasteiger partial charge in [-0.1, -0.05) is 28.9 Å². The zero-order valence-corrected chi connectivity index (χ0v) is 11.5. The molecule has 0 aliphatic rings. The first-order chi connectivity index (χ1) is 9.70. The second-order valence-electron chi connectivity index (χ2n) is 3.81. The third-order valence-corrected chi connectivity index (χ3v) is 2.67. The molecule has 0 amide bonds. The van der Waals surface area contributed by atoms with Crippen LogP contribution in [0, 0.1) is 0 Å². The van der Waals surface area contributed by atoms with Gasteiger partial charge in [-0.05, 0) is 17.7 Å². The number of rotatable bonds is 5. The van der Waals surface area contributed by atoms with Gasteiger partial charge in [0.1, 0.15) is 31.4 Å². The van der Waals surface area contributed by atoms with Crippen molar-refractivity contribution >= 4 is 23.6 Å². The summed E-state index contributed by atoms with van der Waals surface area (Å²) in [5.41, 5.74) is 7.15. The molecule has 6 nitrogen and oxygen atoms in total. The Balaban J connectivity index is 2.17. The third kappa shape index (κ3) is 3.58. The van der Waals surface area contributed by atoms with E-state index in [-0.39, 0.29) is 5.82 Å². The van der Waals surface area contributed by atoms with Crippen molar-refractivity contribution in [3.8, 4) is 5.88 Å². The summed E-state index contributed by atoms with van der Waals surface area (Å²) in [4.78, 5) is 12.5. The summed E-state index contributed by atoms with van der Waals surface area (Å²) < 4.78 is 5.62. The Morgan fingerprint density at radius 2 is 2.25 bits per heavy atom. The van der Waals surface area contributed by atoms with Crippen molar-refractivity contribution in [1.82, 2.24) is 9.97 Å². The van der Waals surface area contributed by atoms with E-state index in [4.69, 9.17) is 22.1 Å². The maximum Gasteiger partial charge on any atom is 0.228 e. The van der Waals surface area contributed by atoms with Crippen LogP contribution in [0.25, 0.3) is 0 Å². The number of aromatic nitrogens is 2. The molecule has 0 saturated heterocycles. The van der Waals surface area contributed by atoms with Crippen molar-refractivity contribution in [2.24, 2.45) is 5.16 Å². The second-order valence-corrected chi connectivity index (χ2v) is 4.25. The van der Waals surface area contributed by atoms with Gasteiger partial charge in [-0.25, -0.2) is 9.97 Å². The summed E-state index contributed by atoms with van der Waals surface area (Å²) in [7, 11) is 1.43. The SMILES string of the molecule is CON=Cc1c(N)ncnc1OCc1cccc(Cl)c1. The number of hydrogen-bond donors (Lipinski definition) is 1. The van der Waals surface area contributed by atoms with E-state index in [2.05, 4.69) is 20.0 Å². The minimum atomic E-state index is 0.266. The van der Waals surface area contributed by atoms with Crippen LogP contribution >= 0.6 is 11.6 Å². The van der Waals surface area contributed by atoms with Gasteiger partial charge in [0, 0.05) is 5.02 Å². The lowest BCUT2D eigenvalue weighted by atomic mass is 10.2. The first-order valence-electron chi connectivity index (χ1n) is 5.75. The molecule has 1 heterocycles. The molecule has 0 atom stereocenters. The van der Waals surface area contributed by atoms with Crippen molar-refractivity contribution in [3.05, 3.63) is 46.7 Å². The predicted octanol–water partition coefficient (Wildman–Crippen LogP) is 2.27. The van der Waals surface area contributed by atoms with E-state index in [1.165, 1.54) is 19.7 Å². The smallest absolute Gasteiger partial charge is 0.228 e. The van der Waals surface area contributed by atoms with Gasteiger partial charge in [-0.2, -0.15) is 0 Å². The molecule has 0 aliphatic heterocycles. The highest BCUT2D eigenvalue weighted by Gasteiger charge is 2.09. The monoisotopic (exact) mass is 292 g/mol. The average molecular weight is 293 g/mol. The maximum atomic E-state index is 5.91. The molecule has 0 spiro atoms. The van der Waals surface area contributed by atoms with E-state index < -0.39 is 0 Å². The molecular formula is C13H13ClN4O2. The van der Waals surface area contributed by atoms with Crippen molar-refractivity contribution < 1.29 is 9.57 Å². The molecular weight excluding hydrogens is 280 g/mol. The number of ether oxygens (including phenoxy) is 1. The number of hydrogen-bond acceptors (Lipinski definition) is 6. The van der Waals surface area contributed by atoms with E-state index >= 15 is 0 Å². The van der Waals surface area contributed by atoms with Crippen LogP contribution in [-0.4, -0.2) is 23.3 Å². The highest BCUT2D eigenvalue weighted by atomic mass is 35.5. The molecule has 2 N–H and O–H groups in total. The number of oxime groups is 1. The van der Waals surface area contributed by atoms with Crippen LogP contribution < -0.4 is 10.5 Å². The summed E-state index contributed by atoms with van der Waals surface area (Å²) in [5.74, 6) is 0.597. The fourth-order valence-electron chi connectivity index (χ4n) is 1.51. The fraction of sp³-hybridized carbons (Fsp3) is 0.154. The summed E-state index contributed by atoms with van der Waals surface area (Å²) in [6.07, 6.45) is 2.73. The van der Waals surface area contributed by atoms with Crippen LogP contribution in [0.5, 0.6) is 5.88 Å². The van der Waals surface area contributed by atoms with Crippen molar-refractivity contribution in [1.29, 1.82) is 0 Å². The lowest BCUT2D eigenvalue weighted by Gasteiger charge is -2.09. The third-order valence-electron chi connectivity index (χ3n) is 2.43. The van der Waals surface area contributed by atoms with Crippen molar-refractivity contribution in [3.63, 3.8) is 0 Å². The van der Waals surface area contributed by atoms with Gasteiger partial charge >= 0.3 is 0 Å². The van der Waals surface area contributed by atoms with Crippen LogP contribution in [0.15, 0.2) is 35.7 Å². The fourth-order valence-corrected chi connectivity index (χ4v) is 1.73. The highest BCUT2D eigenvalue weighted by Crippen LogP contribution is 2.19. The Kier molecular flexibility index (Phi) is 4.73. The van der Waals surface area contributed by atoms with Gasteiger partial charge in [-0.3, -0.25) is 0 Å². The molecule has 1 aromatic heterocycles. The first-order valence-corrected chi connectivity index (χ1v) is 6.12. The molecule has 0 bridgehead atoms. The van der Waals surface area contributed by atoms with Crippen LogP contribution in [0.1, 0.15) is 11.1 Å². The normalized spacial score (nSPS) is 10.7. The molecule has 2 aromatic rings. The van der Waals surface area contributed by atoms with E-state index in [9.17, 15) is 0 Å². The number of nitrogens with zero attached hydrogens (tertiary/aromatic N) is 3. The van der Waals surface area contributed by atoms with Crippen LogP contribution in [0.2, 0.25) is 5.02 Å². The molecule has 104 valence electrons. The summed E-state index contributed by atoms with van der Waals surface area (Å²) >= 11 is 5.91. The summed E-state index contributed by atoms with van der Waals surface area (Å²) in [6, 6.07) is 7.36. The Morgan fingerprint density at radius 3 is 3.00 bits per heavy atom. The molecule has 0 aliphatic carbocycles. The van der Waals surface area contributed by atoms with E-state index in [1.807, 2.05) is 18.2 Å². The van der Waals surface area contributed by atoms with Gasteiger partial charge in [0.15, 0.2) is 0 Å². The van der Waals surface area contributed by atoms with E-state index in [1.54, 1.807) is 6.07 Å². The van der Waals surface area contributed by atoms with Gasteiger partial charge in [0.25, 0.3) is 0 Å². The molecule has 0 unspecified atom stereocenters. The summed E-state index contributed by atoms with van der Waals surface area (Å²) in [6.45, 7) is 0.310. The lowest BCUT2D eigenvalue weighted by Crippen LogP contribution is -2.05. The standard InChI is InChI=1S/C13H13ClN4O2/c1-19-18-6-11-12(15)16-8-17-13(11)20-7-9-3-2-4-10(14)5-9/h2-6,8H,7H2,1H3,(H2,15,16,17). The first kappa shape index (κ1) is 14.1. The number of benzene rings is 1. The summed E-state index contributed by atoms with van der Waals surface area (Å²) in [5, 5.41) is 4.29. The van der Waals surface area contributed by atoms with Gasteiger partial charge in [0.05, 0.1) is 6.21 Å².